The number of nitrogens with zero attached hydrogens (tertiary/aromatic N) is 2. The fourth-order valence-corrected chi connectivity index (χ4v) is 2.87. The summed E-state index contributed by atoms with van der Waals surface area (Å²) in [6.45, 7) is 5.30. The number of piperidine rings is 1. The Hall–Kier alpha value is -0.300. The van der Waals surface area contributed by atoms with Gasteiger partial charge in [-0.25, -0.2) is 0 Å². The van der Waals surface area contributed by atoms with Gasteiger partial charge in [-0.2, -0.15) is 0 Å². The van der Waals surface area contributed by atoms with Crippen molar-refractivity contribution in [2.45, 2.75) is 18.9 Å². The van der Waals surface area contributed by atoms with E-state index in [1.165, 1.54) is 12.0 Å². The van der Waals surface area contributed by atoms with E-state index in [0.717, 1.165) is 39.0 Å². The number of likely N-dealkylation sites (tertiary alicyclic amines) is 1. The van der Waals surface area contributed by atoms with Gasteiger partial charge in [0.1, 0.15) is 0 Å². The molecule has 2 heterocycles. The number of ether oxygens (including phenoxy) is 1. The summed E-state index contributed by atoms with van der Waals surface area (Å²) in [6, 6.07) is 0. The molecule has 0 aliphatic carbocycles. The Balaban J connectivity index is 1.68. The van der Waals surface area contributed by atoms with Crippen LogP contribution in [0.2, 0.25) is 0 Å². The average molecular weight is 274 g/mol. The smallest absolute Gasteiger partial charge is 0.236 e. The lowest BCUT2D eigenvalue weighted by Crippen LogP contribution is -2.47. The maximum absolute atomic E-state index is 12.1. The molecule has 2 aliphatic rings. The van der Waals surface area contributed by atoms with Gasteiger partial charge < -0.3 is 13.8 Å². The van der Waals surface area contributed by atoms with Gasteiger partial charge in [-0.1, -0.05) is 0 Å². The largest absolute Gasteiger partial charge is 0.378 e. The first kappa shape index (κ1) is 14.1. The number of carbonyl (C=O) groups is 1. The highest BCUT2D eigenvalue weighted by molar-refractivity contribution is 7.93. The summed E-state index contributed by atoms with van der Waals surface area (Å²) in [4.78, 5) is 16.2. The molecular weight excluding hydrogens is 252 g/mol. The molecule has 0 bridgehead atoms. The number of hydrogen-bond acceptors (Lipinski definition) is 5. The first-order chi connectivity index (χ1) is 8.79. The number of morpholine rings is 1. The minimum atomic E-state index is 0.238. The monoisotopic (exact) mass is 274 g/mol. The fraction of sp³-hybridized carbons (Fsp3) is 0.917. The number of rotatable bonds is 4. The maximum atomic E-state index is 12.1. The Morgan fingerprint density at radius 2 is 1.94 bits per heavy atom. The van der Waals surface area contributed by atoms with E-state index >= 15 is 0 Å². The summed E-state index contributed by atoms with van der Waals surface area (Å²) in [7, 11) is 0. The van der Waals surface area contributed by atoms with Crippen molar-refractivity contribution < 1.29 is 13.7 Å². The molecule has 0 aromatic heterocycles. The Labute approximate surface area is 113 Å². The van der Waals surface area contributed by atoms with Crippen molar-refractivity contribution in [3.05, 3.63) is 0 Å². The van der Waals surface area contributed by atoms with Crippen LogP contribution in [-0.4, -0.2) is 74.0 Å². The van der Waals surface area contributed by atoms with Crippen LogP contribution in [0.5, 0.6) is 0 Å². The topological polar surface area (TPSA) is 42.0 Å². The summed E-state index contributed by atoms with van der Waals surface area (Å²) in [5.41, 5.74) is 0. The van der Waals surface area contributed by atoms with Crippen molar-refractivity contribution >= 4 is 17.9 Å². The third kappa shape index (κ3) is 4.12. The molecule has 6 heteroatoms. The molecule has 104 valence electrons. The first-order valence-electron chi connectivity index (χ1n) is 6.57. The molecule has 1 amide bonds. The molecule has 0 saturated carbocycles. The van der Waals surface area contributed by atoms with Crippen LogP contribution in [-0.2, 0) is 13.7 Å². The fourth-order valence-electron chi connectivity index (χ4n) is 2.40. The lowest BCUT2D eigenvalue weighted by atomic mass is 10.1. The van der Waals surface area contributed by atoms with Crippen LogP contribution < -0.4 is 0 Å². The van der Waals surface area contributed by atoms with Crippen LogP contribution in [0.1, 0.15) is 12.8 Å². The van der Waals surface area contributed by atoms with Crippen molar-refractivity contribution in [3.8, 4) is 0 Å². The quantitative estimate of drug-likeness (QED) is 0.703. The van der Waals surface area contributed by atoms with Gasteiger partial charge in [-0.05, 0) is 24.9 Å². The molecule has 2 saturated heterocycles. The van der Waals surface area contributed by atoms with Crippen molar-refractivity contribution in [3.63, 3.8) is 0 Å². The van der Waals surface area contributed by atoms with E-state index in [1.807, 2.05) is 11.2 Å². The van der Waals surface area contributed by atoms with E-state index in [2.05, 4.69) is 4.90 Å². The van der Waals surface area contributed by atoms with E-state index in [4.69, 9.17) is 8.92 Å². The molecule has 0 radical (unpaired) electrons. The zero-order valence-electron chi connectivity index (χ0n) is 11.0. The summed E-state index contributed by atoms with van der Waals surface area (Å²) < 4.78 is 10.8. The minimum absolute atomic E-state index is 0.238. The van der Waals surface area contributed by atoms with Gasteiger partial charge in [0.2, 0.25) is 5.91 Å². The second kappa shape index (κ2) is 7.33. The van der Waals surface area contributed by atoms with E-state index < -0.39 is 0 Å². The van der Waals surface area contributed by atoms with Crippen LogP contribution in [0.25, 0.3) is 0 Å². The molecule has 0 unspecified atom stereocenters. The van der Waals surface area contributed by atoms with E-state index in [9.17, 15) is 4.79 Å². The van der Waals surface area contributed by atoms with Gasteiger partial charge >= 0.3 is 0 Å². The van der Waals surface area contributed by atoms with Crippen LogP contribution in [0.15, 0.2) is 0 Å². The highest BCUT2D eigenvalue weighted by Crippen LogP contribution is 2.17. The van der Waals surface area contributed by atoms with Gasteiger partial charge in [-0.15, -0.1) is 0 Å². The van der Waals surface area contributed by atoms with Gasteiger partial charge in [0, 0.05) is 32.4 Å². The number of hydrogen-bond donors (Lipinski definition) is 0. The Kier molecular flexibility index (Phi) is 5.75. The van der Waals surface area contributed by atoms with Crippen LogP contribution in [0, 0.1) is 0 Å². The SMILES string of the molecule is CSOC1CCN(CC(=O)N2CCOCC2)CC1. The molecule has 18 heavy (non-hydrogen) atoms. The standard InChI is InChI=1S/C12H22N2O3S/c1-18-17-11-2-4-13(5-3-11)10-12(15)14-6-8-16-9-7-14/h11H,2-10H2,1H3. The van der Waals surface area contributed by atoms with Crippen molar-refractivity contribution in [1.82, 2.24) is 9.80 Å². The van der Waals surface area contributed by atoms with E-state index in [1.54, 1.807) is 0 Å². The molecule has 0 aromatic rings. The predicted molar refractivity (Wildman–Crippen MR) is 71.5 cm³/mol. The maximum Gasteiger partial charge on any atom is 0.236 e. The zero-order valence-corrected chi connectivity index (χ0v) is 11.8. The van der Waals surface area contributed by atoms with Gasteiger partial charge in [0.15, 0.2) is 0 Å². The number of amides is 1. The molecule has 0 spiro atoms. The van der Waals surface area contributed by atoms with Gasteiger partial charge in [0.05, 0.1) is 25.9 Å². The highest BCUT2D eigenvalue weighted by atomic mass is 32.2. The van der Waals surface area contributed by atoms with Crippen molar-refractivity contribution in [1.29, 1.82) is 0 Å². The van der Waals surface area contributed by atoms with Gasteiger partial charge in [-0.3, -0.25) is 9.69 Å². The summed E-state index contributed by atoms with van der Waals surface area (Å²) >= 11 is 1.44. The predicted octanol–water partition coefficient (Wildman–Crippen LogP) is 0.604. The normalized spacial score (nSPS) is 23.3. The lowest BCUT2D eigenvalue weighted by Gasteiger charge is -2.33. The molecule has 0 N–H and O–H groups in total. The van der Waals surface area contributed by atoms with Crippen LogP contribution in [0.4, 0.5) is 0 Å². The van der Waals surface area contributed by atoms with Gasteiger partial charge in [0.25, 0.3) is 0 Å². The summed E-state index contributed by atoms with van der Waals surface area (Å²) in [6.07, 6.45) is 4.36. The van der Waals surface area contributed by atoms with Crippen molar-refractivity contribution in [2.75, 3.05) is 52.2 Å². The molecule has 2 fully saturated rings. The second-order valence-electron chi connectivity index (χ2n) is 4.73. The summed E-state index contributed by atoms with van der Waals surface area (Å²) in [5, 5.41) is 0. The number of carbonyl (C=O) groups excluding carboxylic acids is 1. The molecule has 2 aliphatic heterocycles. The lowest BCUT2D eigenvalue weighted by molar-refractivity contribution is -0.136. The Morgan fingerprint density at radius 3 is 2.56 bits per heavy atom. The molecule has 0 aromatic carbocycles. The van der Waals surface area contributed by atoms with Crippen LogP contribution in [0.3, 0.4) is 0 Å². The molecule has 0 atom stereocenters. The van der Waals surface area contributed by atoms with Crippen LogP contribution >= 0.6 is 12.0 Å². The molecule has 2 rings (SSSR count). The third-order valence-electron chi connectivity index (χ3n) is 3.49. The van der Waals surface area contributed by atoms with E-state index in [-0.39, 0.29) is 5.91 Å². The molecular formula is C12H22N2O3S. The third-order valence-corrected chi connectivity index (χ3v) is 3.95. The zero-order chi connectivity index (χ0) is 12.8. The average Bonchev–Trinajstić information content (AvgIpc) is 2.42. The highest BCUT2D eigenvalue weighted by Gasteiger charge is 2.24. The second-order valence-corrected chi connectivity index (χ2v) is 5.26. The minimum Gasteiger partial charge on any atom is -0.378 e. The molecule has 5 nitrogen and oxygen atoms in total. The Bertz CT molecular complexity index is 264. The van der Waals surface area contributed by atoms with E-state index in [0.29, 0.717) is 25.9 Å². The summed E-state index contributed by atoms with van der Waals surface area (Å²) in [5.74, 6) is 0.238. The first-order valence-corrected chi connectivity index (χ1v) is 7.72. The van der Waals surface area contributed by atoms with Crippen molar-refractivity contribution in [2.24, 2.45) is 0 Å². The Morgan fingerprint density at radius 1 is 1.28 bits per heavy atom.